The molecule has 0 N–H and O–H groups in total. The van der Waals surface area contributed by atoms with Crippen LogP contribution in [0.2, 0.25) is 0 Å². The second-order valence-electron chi connectivity index (χ2n) is 1.85. The highest BCUT2D eigenvalue weighted by Crippen LogP contribution is 2.51. The van der Waals surface area contributed by atoms with Crippen molar-refractivity contribution < 1.29 is 4.57 Å². The minimum Gasteiger partial charge on any atom is -0.315 e. The van der Waals surface area contributed by atoms with Gasteiger partial charge in [0.1, 0.15) is 7.14 Å². The van der Waals surface area contributed by atoms with Gasteiger partial charge in [-0.05, 0) is 11.6 Å². The Labute approximate surface area is 49.5 Å². The molecule has 0 bridgehead atoms. The van der Waals surface area contributed by atoms with Crippen molar-refractivity contribution in [3.63, 3.8) is 0 Å². The summed E-state index contributed by atoms with van der Waals surface area (Å²) in [6, 6.07) is 0. The van der Waals surface area contributed by atoms with Crippen LogP contribution >= 0.6 is 7.14 Å². The highest BCUT2D eigenvalue weighted by molar-refractivity contribution is 7.70. The Bertz CT molecular complexity index is 163. The second-order valence-corrected chi connectivity index (χ2v) is 4.79. The van der Waals surface area contributed by atoms with Gasteiger partial charge in [-0.25, -0.2) is 0 Å². The monoisotopic (exact) mass is 128 g/mol. The van der Waals surface area contributed by atoms with Crippen LogP contribution in [0.15, 0.2) is 23.8 Å². The van der Waals surface area contributed by atoms with Crippen molar-refractivity contribution in [2.45, 2.75) is 6.92 Å². The molecule has 0 aromatic rings. The summed E-state index contributed by atoms with van der Waals surface area (Å²) in [6.45, 7) is 1.95. The highest BCUT2D eigenvalue weighted by atomic mass is 31.2. The SMILES string of the molecule is CCP1(=O)C=CC=C1. The van der Waals surface area contributed by atoms with Crippen molar-refractivity contribution in [2.75, 3.05) is 6.16 Å². The summed E-state index contributed by atoms with van der Waals surface area (Å²) in [7, 11) is -1.91. The van der Waals surface area contributed by atoms with Crippen LogP contribution in [0.3, 0.4) is 0 Å². The molecule has 8 heavy (non-hydrogen) atoms. The third-order valence-corrected chi connectivity index (χ3v) is 3.62. The van der Waals surface area contributed by atoms with E-state index in [0.717, 1.165) is 6.16 Å². The van der Waals surface area contributed by atoms with E-state index >= 15 is 0 Å². The predicted octanol–water partition coefficient (Wildman–Crippen LogP) is 2.41. The van der Waals surface area contributed by atoms with Crippen molar-refractivity contribution >= 4 is 7.14 Å². The highest BCUT2D eigenvalue weighted by Gasteiger charge is 2.12. The molecule has 0 unspecified atom stereocenters. The third-order valence-electron chi connectivity index (χ3n) is 1.28. The second kappa shape index (κ2) is 1.91. The Balaban J connectivity index is 2.85. The van der Waals surface area contributed by atoms with Gasteiger partial charge in [-0.15, -0.1) is 0 Å². The van der Waals surface area contributed by atoms with Gasteiger partial charge in [-0.1, -0.05) is 19.1 Å². The van der Waals surface area contributed by atoms with Crippen LogP contribution in [0.1, 0.15) is 6.92 Å². The van der Waals surface area contributed by atoms with Gasteiger partial charge in [0.15, 0.2) is 0 Å². The molecule has 0 radical (unpaired) electrons. The van der Waals surface area contributed by atoms with E-state index in [1.165, 1.54) is 0 Å². The van der Waals surface area contributed by atoms with Crippen LogP contribution in [-0.4, -0.2) is 6.16 Å². The molecule has 0 fully saturated rings. The quantitative estimate of drug-likeness (QED) is 0.495. The molecule has 0 aliphatic carbocycles. The molecule has 1 heterocycles. The molecular formula is C6H9OP. The van der Waals surface area contributed by atoms with Crippen LogP contribution in [0.25, 0.3) is 0 Å². The summed E-state index contributed by atoms with van der Waals surface area (Å²) in [4.78, 5) is 0. The van der Waals surface area contributed by atoms with Gasteiger partial charge >= 0.3 is 0 Å². The van der Waals surface area contributed by atoms with Crippen LogP contribution in [0.5, 0.6) is 0 Å². The summed E-state index contributed by atoms with van der Waals surface area (Å²) >= 11 is 0. The summed E-state index contributed by atoms with van der Waals surface area (Å²) in [5.41, 5.74) is 0. The minimum absolute atomic E-state index is 0.764. The van der Waals surface area contributed by atoms with E-state index in [-0.39, 0.29) is 0 Å². The van der Waals surface area contributed by atoms with E-state index in [1.54, 1.807) is 11.6 Å². The van der Waals surface area contributed by atoms with Gasteiger partial charge in [0.25, 0.3) is 0 Å². The maximum Gasteiger partial charge on any atom is 0.129 e. The van der Waals surface area contributed by atoms with Crippen molar-refractivity contribution in [1.29, 1.82) is 0 Å². The molecule has 1 aliphatic rings. The number of rotatable bonds is 1. The Kier molecular flexibility index (Phi) is 1.39. The molecule has 0 saturated heterocycles. The predicted molar refractivity (Wildman–Crippen MR) is 36.4 cm³/mol. The van der Waals surface area contributed by atoms with Crippen molar-refractivity contribution in [3.05, 3.63) is 23.8 Å². The molecular weight excluding hydrogens is 119 g/mol. The van der Waals surface area contributed by atoms with E-state index in [9.17, 15) is 4.57 Å². The fraction of sp³-hybridized carbons (Fsp3) is 0.333. The Morgan fingerprint density at radius 3 is 2.12 bits per heavy atom. The van der Waals surface area contributed by atoms with Crippen LogP contribution in [-0.2, 0) is 4.57 Å². The first-order valence-electron chi connectivity index (χ1n) is 2.72. The van der Waals surface area contributed by atoms with Gasteiger partial charge in [0.2, 0.25) is 0 Å². The van der Waals surface area contributed by atoms with Gasteiger partial charge in [-0.3, -0.25) is 0 Å². The number of hydrogen-bond acceptors (Lipinski definition) is 1. The largest absolute Gasteiger partial charge is 0.315 e. The molecule has 0 aromatic heterocycles. The van der Waals surface area contributed by atoms with E-state index in [1.807, 2.05) is 19.1 Å². The van der Waals surface area contributed by atoms with Gasteiger partial charge in [0.05, 0.1) is 0 Å². The zero-order valence-electron chi connectivity index (χ0n) is 4.87. The number of allylic oxidation sites excluding steroid dienone is 2. The Hall–Kier alpha value is -0.290. The third kappa shape index (κ3) is 0.924. The first-order valence-corrected chi connectivity index (χ1v) is 4.75. The van der Waals surface area contributed by atoms with Crippen molar-refractivity contribution in [3.8, 4) is 0 Å². The molecule has 0 amide bonds. The molecule has 1 nitrogen and oxygen atoms in total. The Morgan fingerprint density at radius 1 is 1.38 bits per heavy atom. The van der Waals surface area contributed by atoms with Crippen molar-refractivity contribution in [2.24, 2.45) is 0 Å². The fourth-order valence-corrected chi connectivity index (χ4v) is 1.95. The summed E-state index contributed by atoms with van der Waals surface area (Å²) < 4.78 is 11.2. The first kappa shape index (κ1) is 5.84. The van der Waals surface area contributed by atoms with E-state index in [0.29, 0.717) is 0 Å². The Morgan fingerprint density at radius 2 is 1.88 bits per heavy atom. The molecule has 1 aliphatic heterocycles. The normalized spacial score (nSPS) is 22.1. The molecule has 2 heteroatoms. The lowest BCUT2D eigenvalue weighted by Gasteiger charge is -1.98. The summed E-state index contributed by atoms with van der Waals surface area (Å²) in [5, 5.41) is 0. The lowest BCUT2D eigenvalue weighted by molar-refractivity contribution is 0.587. The molecule has 0 saturated carbocycles. The van der Waals surface area contributed by atoms with E-state index in [2.05, 4.69) is 0 Å². The summed E-state index contributed by atoms with van der Waals surface area (Å²) in [5.74, 6) is 3.60. The van der Waals surface area contributed by atoms with E-state index in [4.69, 9.17) is 0 Å². The van der Waals surface area contributed by atoms with Crippen LogP contribution in [0, 0.1) is 0 Å². The molecule has 1 rings (SSSR count). The molecule has 0 aromatic carbocycles. The molecule has 0 atom stereocenters. The minimum atomic E-state index is -1.91. The lowest BCUT2D eigenvalue weighted by atomic mass is 10.6. The average Bonchev–Trinajstić information content (AvgIpc) is 2.17. The maximum absolute atomic E-state index is 11.2. The zero-order valence-corrected chi connectivity index (χ0v) is 5.77. The average molecular weight is 128 g/mol. The van der Waals surface area contributed by atoms with Gasteiger partial charge in [0, 0.05) is 6.16 Å². The standard InChI is InChI=1S/C6H9OP/c1-2-8(7)5-3-4-6-8/h3-6H,2H2,1H3. The van der Waals surface area contributed by atoms with E-state index < -0.39 is 7.14 Å². The molecule has 0 spiro atoms. The zero-order chi connectivity index (χ0) is 6.04. The summed E-state index contributed by atoms with van der Waals surface area (Å²) in [6.07, 6.45) is 4.47. The fourth-order valence-electron chi connectivity index (χ4n) is 0.651. The number of hydrogen-bond donors (Lipinski definition) is 0. The topological polar surface area (TPSA) is 17.1 Å². The van der Waals surface area contributed by atoms with Gasteiger partial charge in [-0.2, -0.15) is 0 Å². The maximum atomic E-state index is 11.2. The van der Waals surface area contributed by atoms with Crippen molar-refractivity contribution in [1.82, 2.24) is 0 Å². The smallest absolute Gasteiger partial charge is 0.129 e. The first-order chi connectivity index (χ1) is 3.77. The van der Waals surface area contributed by atoms with Crippen LogP contribution < -0.4 is 0 Å². The molecule has 44 valence electrons. The van der Waals surface area contributed by atoms with Gasteiger partial charge < -0.3 is 4.57 Å². The van der Waals surface area contributed by atoms with Crippen LogP contribution in [0.4, 0.5) is 0 Å². The lowest BCUT2D eigenvalue weighted by Crippen LogP contribution is -1.70.